The molecule has 0 amide bonds. The third kappa shape index (κ3) is 4.46. The molecule has 0 saturated heterocycles. The summed E-state index contributed by atoms with van der Waals surface area (Å²) in [7, 11) is 1.76. The summed E-state index contributed by atoms with van der Waals surface area (Å²) in [4.78, 5) is 0. The van der Waals surface area contributed by atoms with Gasteiger partial charge in [-0.2, -0.15) is 0 Å². The third-order valence-corrected chi connectivity index (χ3v) is 4.78. The van der Waals surface area contributed by atoms with Crippen LogP contribution in [0.15, 0.2) is 18.2 Å². The molecule has 3 heteroatoms. The molecule has 0 unspecified atom stereocenters. The minimum absolute atomic E-state index is 0.223. The van der Waals surface area contributed by atoms with Crippen molar-refractivity contribution >= 4 is 11.6 Å². The van der Waals surface area contributed by atoms with Gasteiger partial charge in [0.2, 0.25) is 0 Å². The maximum atomic E-state index is 13.5. The normalized spacial score (nSPS) is 22.9. The van der Waals surface area contributed by atoms with E-state index in [2.05, 4.69) is 0 Å². The fraction of sp³-hybridized carbons (Fsp3) is 0.647. The molecule has 0 radical (unpaired) electrons. The first-order valence-electron chi connectivity index (χ1n) is 7.64. The van der Waals surface area contributed by atoms with Crippen molar-refractivity contribution in [3.8, 4) is 0 Å². The average Bonchev–Trinajstić information content (AvgIpc) is 2.47. The maximum absolute atomic E-state index is 13.5. The van der Waals surface area contributed by atoms with Gasteiger partial charge in [-0.3, -0.25) is 0 Å². The molecule has 1 saturated carbocycles. The number of halogens is 2. The van der Waals surface area contributed by atoms with Crippen LogP contribution in [0.3, 0.4) is 0 Å². The van der Waals surface area contributed by atoms with Crippen LogP contribution >= 0.6 is 11.6 Å². The van der Waals surface area contributed by atoms with Crippen LogP contribution in [0.4, 0.5) is 4.39 Å². The highest BCUT2D eigenvalue weighted by molar-refractivity contribution is 6.30. The monoisotopic (exact) mass is 298 g/mol. The van der Waals surface area contributed by atoms with Gasteiger partial charge < -0.3 is 4.74 Å². The summed E-state index contributed by atoms with van der Waals surface area (Å²) in [6.45, 7) is 0.874. The molecule has 1 aliphatic carbocycles. The zero-order valence-corrected chi connectivity index (χ0v) is 13.0. The molecule has 0 spiro atoms. The zero-order chi connectivity index (χ0) is 14.4. The van der Waals surface area contributed by atoms with Crippen LogP contribution < -0.4 is 0 Å². The molecule has 0 aromatic heterocycles. The van der Waals surface area contributed by atoms with Gasteiger partial charge in [-0.15, -0.1) is 0 Å². The lowest BCUT2D eigenvalue weighted by Gasteiger charge is -2.29. The maximum Gasteiger partial charge on any atom is 0.142 e. The Hall–Kier alpha value is -0.600. The molecule has 1 aromatic carbocycles. The van der Waals surface area contributed by atoms with Crippen molar-refractivity contribution in [2.45, 2.75) is 50.9 Å². The molecule has 1 nitrogen and oxygen atoms in total. The van der Waals surface area contributed by atoms with E-state index in [0.29, 0.717) is 5.92 Å². The molecule has 0 aliphatic heterocycles. The fourth-order valence-corrected chi connectivity index (χ4v) is 3.35. The Morgan fingerprint density at radius 3 is 2.60 bits per heavy atom. The SMILES string of the molecule is COCCCCC1CCC(c2ccc(Cl)c(F)c2)CC1. The second kappa shape index (κ2) is 7.99. The molecule has 112 valence electrons. The highest BCUT2D eigenvalue weighted by atomic mass is 35.5. The number of methoxy groups -OCH3 is 1. The summed E-state index contributed by atoms with van der Waals surface area (Å²) in [6, 6.07) is 5.28. The molecule has 0 atom stereocenters. The molecule has 0 N–H and O–H groups in total. The van der Waals surface area contributed by atoms with Crippen molar-refractivity contribution in [1.82, 2.24) is 0 Å². The minimum atomic E-state index is -0.286. The van der Waals surface area contributed by atoms with Crippen LogP contribution in [-0.2, 0) is 4.74 Å². The summed E-state index contributed by atoms with van der Waals surface area (Å²) in [5.74, 6) is 1.07. The number of hydrogen-bond acceptors (Lipinski definition) is 1. The van der Waals surface area contributed by atoms with E-state index >= 15 is 0 Å². The van der Waals surface area contributed by atoms with Gasteiger partial charge in [0.1, 0.15) is 5.82 Å². The number of ether oxygens (including phenoxy) is 1. The Morgan fingerprint density at radius 2 is 1.95 bits per heavy atom. The Bertz CT molecular complexity index is 413. The molecule has 20 heavy (non-hydrogen) atoms. The van der Waals surface area contributed by atoms with Crippen molar-refractivity contribution in [1.29, 1.82) is 0 Å². The lowest BCUT2D eigenvalue weighted by atomic mass is 9.77. The first-order chi connectivity index (χ1) is 9.70. The van der Waals surface area contributed by atoms with Gasteiger partial charge in [-0.25, -0.2) is 4.39 Å². The molecule has 1 aromatic rings. The number of benzene rings is 1. The van der Waals surface area contributed by atoms with E-state index in [1.807, 2.05) is 6.07 Å². The molecule has 0 heterocycles. The van der Waals surface area contributed by atoms with Gasteiger partial charge in [-0.1, -0.05) is 30.5 Å². The Morgan fingerprint density at radius 1 is 1.20 bits per heavy atom. The van der Waals surface area contributed by atoms with Crippen molar-refractivity contribution in [3.63, 3.8) is 0 Å². The lowest BCUT2D eigenvalue weighted by molar-refractivity contribution is 0.187. The Kier molecular flexibility index (Phi) is 6.31. The predicted octanol–water partition coefficient (Wildman–Crippen LogP) is 5.57. The van der Waals surface area contributed by atoms with E-state index in [4.69, 9.17) is 16.3 Å². The highest BCUT2D eigenvalue weighted by Crippen LogP contribution is 2.38. The van der Waals surface area contributed by atoms with Gasteiger partial charge in [0, 0.05) is 13.7 Å². The van der Waals surface area contributed by atoms with Gasteiger partial charge in [0.25, 0.3) is 0 Å². The van der Waals surface area contributed by atoms with Crippen LogP contribution in [0.1, 0.15) is 56.4 Å². The van der Waals surface area contributed by atoms with E-state index in [1.165, 1.54) is 44.9 Å². The van der Waals surface area contributed by atoms with Crippen LogP contribution in [0, 0.1) is 11.7 Å². The van der Waals surface area contributed by atoms with E-state index in [-0.39, 0.29) is 10.8 Å². The van der Waals surface area contributed by atoms with Crippen LogP contribution in [0.25, 0.3) is 0 Å². The van der Waals surface area contributed by atoms with Crippen molar-refractivity contribution in [2.75, 3.05) is 13.7 Å². The topological polar surface area (TPSA) is 9.23 Å². The lowest BCUT2D eigenvalue weighted by Crippen LogP contribution is -2.13. The van der Waals surface area contributed by atoms with E-state index < -0.39 is 0 Å². The Balaban J connectivity index is 1.77. The van der Waals surface area contributed by atoms with Gasteiger partial charge in [0.15, 0.2) is 0 Å². The molecule has 2 rings (SSSR count). The molecular weight excluding hydrogens is 275 g/mol. The Labute approximate surface area is 126 Å². The van der Waals surface area contributed by atoms with Crippen LogP contribution in [0.2, 0.25) is 5.02 Å². The zero-order valence-electron chi connectivity index (χ0n) is 12.2. The van der Waals surface area contributed by atoms with Gasteiger partial charge in [0.05, 0.1) is 5.02 Å². The summed E-state index contributed by atoms with van der Waals surface area (Å²) in [5.41, 5.74) is 1.12. The summed E-state index contributed by atoms with van der Waals surface area (Å²) < 4.78 is 18.6. The second-order valence-corrected chi connectivity index (χ2v) is 6.29. The number of hydrogen-bond donors (Lipinski definition) is 0. The molecule has 1 fully saturated rings. The molecular formula is C17H24ClFO. The van der Waals surface area contributed by atoms with Crippen molar-refractivity contribution < 1.29 is 9.13 Å². The molecule has 1 aliphatic rings. The van der Waals surface area contributed by atoms with Gasteiger partial charge in [-0.05, 0) is 61.6 Å². The predicted molar refractivity (Wildman–Crippen MR) is 81.8 cm³/mol. The third-order valence-electron chi connectivity index (χ3n) is 4.47. The quantitative estimate of drug-likeness (QED) is 0.624. The van der Waals surface area contributed by atoms with Crippen molar-refractivity contribution in [3.05, 3.63) is 34.6 Å². The second-order valence-electron chi connectivity index (χ2n) is 5.88. The fourth-order valence-electron chi connectivity index (χ4n) is 3.23. The average molecular weight is 299 g/mol. The van der Waals surface area contributed by atoms with Crippen LogP contribution in [0.5, 0.6) is 0 Å². The number of unbranched alkanes of at least 4 members (excludes halogenated alkanes) is 1. The smallest absolute Gasteiger partial charge is 0.142 e. The number of rotatable bonds is 6. The minimum Gasteiger partial charge on any atom is -0.385 e. The first-order valence-corrected chi connectivity index (χ1v) is 8.02. The van der Waals surface area contributed by atoms with E-state index in [0.717, 1.165) is 18.1 Å². The van der Waals surface area contributed by atoms with Crippen molar-refractivity contribution in [2.24, 2.45) is 5.92 Å². The van der Waals surface area contributed by atoms with E-state index in [9.17, 15) is 4.39 Å². The summed E-state index contributed by atoms with van der Waals surface area (Å²) in [6.07, 6.45) is 8.62. The van der Waals surface area contributed by atoms with Crippen LogP contribution in [-0.4, -0.2) is 13.7 Å². The highest BCUT2D eigenvalue weighted by Gasteiger charge is 2.22. The van der Waals surface area contributed by atoms with Gasteiger partial charge >= 0.3 is 0 Å². The first kappa shape index (κ1) is 15.8. The summed E-state index contributed by atoms with van der Waals surface area (Å²) >= 11 is 5.74. The largest absolute Gasteiger partial charge is 0.385 e. The standard InChI is InChI=1S/C17H24ClFO/c1-20-11-3-2-4-13-5-7-14(8-6-13)15-9-10-16(18)17(19)12-15/h9-10,12-14H,2-8,11H2,1H3. The molecule has 0 bridgehead atoms. The van der Waals surface area contributed by atoms with E-state index in [1.54, 1.807) is 19.2 Å². The summed E-state index contributed by atoms with van der Waals surface area (Å²) in [5, 5.41) is 0.223.